The van der Waals surface area contributed by atoms with Crippen molar-refractivity contribution in [1.29, 1.82) is 0 Å². The van der Waals surface area contributed by atoms with Crippen molar-refractivity contribution in [1.82, 2.24) is 10.6 Å². The van der Waals surface area contributed by atoms with E-state index in [1.54, 1.807) is 18.7 Å². The number of ether oxygens (including phenoxy) is 2. The largest absolute Gasteiger partial charge is 0.463 e. The molecule has 1 fully saturated rings. The average Bonchev–Trinajstić information content (AvgIpc) is 3.13. The summed E-state index contributed by atoms with van der Waals surface area (Å²) in [5.74, 6) is -1.91. The Morgan fingerprint density at radius 3 is 2.61 bits per heavy atom. The van der Waals surface area contributed by atoms with Gasteiger partial charge < -0.3 is 25.0 Å². The average molecular weight is 429 g/mol. The van der Waals surface area contributed by atoms with E-state index < -0.39 is 29.9 Å². The quantitative estimate of drug-likeness (QED) is 0.638. The van der Waals surface area contributed by atoms with E-state index in [9.17, 15) is 19.2 Å². The third-order valence-electron chi connectivity index (χ3n) is 5.35. The number of carbonyl (C=O) groups is 4. The SMILES string of the molecule is CCOC(=O)C1=C(COC(=O)[C@H]2CC(=O)N(c3ccccc3CC)C2)NC(=O)N[C@H]1C. The maximum absolute atomic E-state index is 12.7. The van der Waals surface area contributed by atoms with E-state index in [4.69, 9.17) is 9.47 Å². The molecule has 3 amide bonds. The second-order valence-corrected chi connectivity index (χ2v) is 7.43. The number of para-hydroxylation sites is 1. The van der Waals surface area contributed by atoms with Crippen LogP contribution in [0, 0.1) is 5.92 Å². The van der Waals surface area contributed by atoms with Gasteiger partial charge in [-0.2, -0.15) is 0 Å². The Morgan fingerprint density at radius 1 is 1.16 bits per heavy atom. The van der Waals surface area contributed by atoms with Gasteiger partial charge >= 0.3 is 18.0 Å². The van der Waals surface area contributed by atoms with Gasteiger partial charge in [-0.05, 0) is 31.9 Å². The van der Waals surface area contributed by atoms with Crippen LogP contribution in [-0.2, 0) is 30.3 Å². The topological polar surface area (TPSA) is 114 Å². The maximum Gasteiger partial charge on any atom is 0.338 e. The van der Waals surface area contributed by atoms with Crippen molar-refractivity contribution in [3.63, 3.8) is 0 Å². The van der Waals surface area contributed by atoms with E-state index in [0.29, 0.717) is 0 Å². The van der Waals surface area contributed by atoms with Crippen LogP contribution in [0.2, 0.25) is 0 Å². The van der Waals surface area contributed by atoms with Gasteiger partial charge in [0.05, 0.1) is 29.8 Å². The fourth-order valence-electron chi connectivity index (χ4n) is 3.83. The highest BCUT2D eigenvalue weighted by Gasteiger charge is 2.37. The molecule has 0 spiro atoms. The van der Waals surface area contributed by atoms with Crippen molar-refractivity contribution in [2.45, 2.75) is 39.7 Å². The second-order valence-electron chi connectivity index (χ2n) is 7.43. The number of carbonyl (C=O) groups excluding carboxylic acids is 4. The van der Waals surface area contributed by atoms with Crippen LogP contribution < -0.4 is 15.5 Å². The molecule has 2 atom stereocenters. The van der Waals surface area contributed by atoms with Crippen molar-refractivity contribution >= 4 is 29.6 Å². The van der Waals surface area contributed by atoms with Crippen LogP contribution >= 0.6 is 0 Å². The molecule has 0 unspecified atom stereocenters. The summed E-state index contributed by atoms with van der Waals surface area (Å²) in [6, 6.07) is 6.52. The molecule has 1 aromatic rings. The number of hydrogen-bond acceptors (Lipinski definition) is 6. The van der Waals surface area contributed by atoms with Crippen LogP contribution in [0.3, 0.4) is 0 Å². The number of anilines is 1. The maximum atomic E-state index is 12.7. The molecule has 1 aromatic carbocycles. The van der Waals surface area contributed by atoms with Crippen molar-refractivity contribution in [2.75, 3.05) is 24.7 Å². The first-order valence-corrected chi connectivity index (χ1v) is 10.4. The van der Waals surface area contributed by atoms with Gasteiger partial charge in [0.1, 0.15) is 6.61 Å². The third-order valence-corrected chi connectivity index (χ3v) is 5.35. The van der Waals surface area contributed by atoms with Crippen LogP contribution in [0.1, 0.15) is 32.8 Å². The van der Waals surface area contributed by atoms with Gasteiger partial charge in [-0.15, -0.1) is 0 Å². The number of nitrogens with zero attached hydrogens (tertiary/aromatic N) is 1. The van der Waals surface area contributed by atoms with Gasteiger partial charge in [0.2, 0.25) is 5.91 Å². The number of amides is 3. The Bertz CT molecular complexity index is 926. The number of benzene rings is 1. The van der Waals surface area contributed by atoms with Gasteiger partial charge in [0.15, 0.2) is 0 Å². The second kappa shape index (κ2) is 9.63. The van der Waals surface area contributed by atoms with Crippen LogP contribution in [0.5, 0.6) is 0 Å². The molecule has 2 aliphatic rings. The van der Waals surface area contributed by atoms with E-state index in [1.165, 1.54) is 0 Å². The predicted molar refractivity (Wildman–Crippen MR) is 112 cm³/mol. The normalized spacial score (nSPS) is 20.9. The summed E-state index contributed by atoms with van der Waals surface area (Å²) in [7, 11) is 0. The fraction of sp³-hybridized carbons (Fsp3) is 0.455. The first-order chi connectivity index (χ1) is 14.8. The lowest BCUT2D eigenvalue weighted by Gasteiger charge is -2.26. The van der Waals surface area contributed by atoms with Crippen LogP contribution in [0.25, 0.3) is 0 Å². The summed E-state index contributed by atoms with van der Waals surface area (Å²) in [6.07, 6.45) is 0.816. The molecule has 0 bridgehead atoms. The highest BCUT2D eigenvalue weighted by Crippen LogP contribution is 2.29. The van der Waals surface area contributed by atoms with Crippen molar-refractivity contribution < 1.29 is 28.7 Å². The number of urea groups is 1. The highest BCUT2D eigenvalue weighted by atomic mass is 16.5. The zero-order chi connectivity index (χ0) is 22.5. The van der Waals surface area contributed by atoms with E-state index in [1.807, 2.05) is 31.2 Å². The Balaban J connectivity index is 1.70. The molecule has 31 heavy (non-hydrogen) atoms. The summed E-state index contributed by atoms with van der Waals surface area (Å²) in [5, 5.41) is 5.10. The first-order valence-electron chi connectivity index (χ1n) is 10.4. The lowest BCUT2D eigenvalue weighted by Crippen LogP contribution is -2.50. The minimum atomic E-state index is -0.626. The summed E-state index contributed by atoms with van der Waals surface area (Å²) in [4.78, 5) is 50.9. The first kappa shape index (κ1) is 22.3. The van der Waals surface area contributed by atoms with Gasteiger partial charge in [-0.25, -0.2) is 9.59 Å². The molecular weight excluding hydrogens is 402 g/mol. The molecule has 2 heterocycles. The molecule has 166 valence electrons. The molecule has 2 N–H and O–H groups in total. The highest BCUT2D eigenvalue weighted by molar-refractivity contribution is 6.00. The van der Waals surface area contributed by atoms with Crippen molar-refractivity contribution in [3.8, 4) is 0 Å². The Labute approximate surface area is 180 Å². The molecule has 0 radical (unpaired) electrons. The Morgan fingerprint density at radius 2 is 1.90 bits per heavy atom. The third kappa shape index (κ3) is 4.87. The minimum Gasteiger partial charge on any atom is -0.463 e. The zero-order valence-corrected chi connectivity index (χ0v) is 17.9. The van der Waals surface area contributed by atoms with E-state index >= 15 is 0 Å². The van der Waals surface area contributed by atoms with Crippen molar-refractivity contribution in [3.05, 3.63) is 41.1 Å². The molecule has 3 rings (SSSR count). The molecule has 0 saturated carbocycles. The van der Waals surface area contributed by atoms with Crippen LogP contribution in [0.4, 0.5) is 10.5 Å². The number of rotatable bonds is 7. The monoisotopic (exact) mass is 429 g/mol. The smallest absolute Gasteiger partial charge is 0.338 e. The van der Waals surface area contributed by atoms with Gasteiger partial charge in [0.25, 0.3) is 0 Å². The minimum absolute atomic E-state index is 0.0466. The Hall–Kier alpha value is -3.36. The number of esters is 2. The molecule has 2 aliphatic heterocycles. The van der Waals surface area contributed by atoms with E-state index in [0.717, 1.165) is 17.7 Å². The molecular formula is C22H27N3O6. The fourth-order valence-corrected chi connectivity index (χ4v) is 3.83. The van der Waals surface area contributed by atoms with E-state index in [-0.39, 0.29) is 43.4 Å². The van der Waals surface area contributed by atoms with Crippen LogP contribution in [0.15, 0.2) is 35.5 Å². The molecule has 9 nitrogen and oxygen atoms in total. The summed E-state index contributed by atoms with van der Waals surface area (Å²) >= 11 is 0. The van der Waals surface area contributed by atoms with Gasteiger partial charge in [-0.3, -0.25) is 9.59 Å². The number of aryl methyl sites for hydroxylation is 1. The standard InChI is InChI=1S/C22H27N3O6/c1-4-14-8-6-7-9-17(14)25-11-15(10-18(25)26)20(27)31-12-16-19(21(28)30-5-2)13(3)23-22(29)24-16/h6-9,13,15H,4-5,10-12H2,1-3H3,(H2,23,24,29)/t13-,15-/m0/s1. The number of hydrogen-bond donors (Lipinski definition) is 2. The predicted octanol–water partition coefficient (Wildman–Crippen LogP) is 1.66. The van der Waals surface area contributed by atoms with E-state index in [2.05, 4.69) is 10.6 Å². The molecule has 1 saturated heterocycles. The lowest BCUT2D eigenvalue weighted by atomic mass is 10.0. The van der Waals surface area contributed by atoms with Gasteiger partial charge in [-0.1, -0.05) is 25.1 Å². The van der Waals surface area contributed by atoms with Crippen molar-refractivity contribution in [2.24, 2.45) is 5.92 Å². The Kier molecular flexibility index (Phi) is 6.94. The summed E-state index contributed by atoms with van der Waals surface area (Å²) in [5.41, 5.74) is 2.22. The molecule has 9 heteroatoms. The molecule has 0 aromatic heterocycles. The zero-order valence-electron chi connectivity index (χ0n) is 17.9. The number of nitrogens with one attached hydrogen (secondary N) is 2. The van der Waals surface area contributed by atoms with Gasteiger partial charge in [0, 0.05) is 18.7 Å². The summed E-state index contributed by atoms with van der Waals surface area (Å²) in [6.45, 7) is 5.44. The van der Waals surface area contributed by atoms with Crippen LogP contribution in [-0.4, -0.2) is 49.7 Å². The summed E-state index contributed by atoms with van der Waals surface area (Å²) < 4.78 is 10.4. The lowest BCUT2D eigenvalue weighted by molar-refractivity contribution is -0.147. The molecule has 0 aliphatic carbocycles.